The minimum absolute atomic E-state index is 0.0384. The Morgan fingerprint density at radius 3 is 2.30 bits per heavy atom. The third-order valence-corrected chi connectivity index (χ3v) is 4.95. The van der Waals surface area contributed by atoms with Gasteiger partial charge in [0, 0.05) is 10.8 Å². The maximum absolute atomic E-state index is 4.93. The molecule has 0 aliphatic rings. The van der Waals surface area contributed by atoms with Crippen molar-refractivity contribution in [2.75, 3.05) is 6.54 Å². The fraction of sp³-hybridized carbons (Fsp3) is 0.824. The molecule has 0 bridgehead atoms. The molecule has 2 nitrogen and oxygen atoms in total. The van der Waals surface area contributed by atoms with Crippen LogP contribution in [0.5, 0.6) is 0 Å². The van der Waals surface area contributed by atoms with Crippen LogP contribution in [-0.2, 0) is 11.0 Å². The predicted molar refractivity (Wildman–Crippen MR) is 90.6 cm³/mol. The summed E-state index contributed by atoms with van der Waals surface area (Å²) in [6, 6.07) is 0. The second-order valence-electron chi connectivity index (χ2n) is 6.96. The predicted octanol–water partition coefficient (Wildman–Crippen LogP) is 5.24. The van der Waals surface area contributed by atoms with Gasteiger partial charge in [-0.15, -0.1) is 11.3 Å². The highest BCUT2D eigenvalue weighted by atomic mass is 32.1. The number of rotatable bonds is 8. The van der Waals surface area contributed by atoms with Crippen molar-refractivity contribution in [3.05, 3.63) is 16.1 Å². The highest BCUT2D eigenvalue weighted by Gasteiger charge is 2.30. The summed E-state index contributed by atoms with van der Waals surface area (Å²) < 4.78 is 0. The first-order chi connectivity index (χ1) is 9.33. The molecule has 1 heterocycles. The molecular formula is C17H32N2S. The van der Waals surface area contributed by atoms with E-state index in [9.17, 15) is 0 Å². The molecule has 3 heteroatoms. The molecule has 116 valence electrons. The number of hydrogen-bond acceptors (Lipinski definition) is 3. The summed E-state index contributed by atoms with van der Waals surface area (Å²) >= 11 is 1.81. The molecule has 20 heavy (non-hydrogen) atoms. The molecular weight excluding hydrogens is 264 g/mol. The van der Waals surface area contributed by atoms with E-state index in [1.165, 1.54) is 42.8 Å². The van der Waals surface area contributed by atoms with Crippen molar-refractivity contribution in [2.24, 2.45) is 0 Å². The quantitative estimate of drug-likeness (QED) is 0.664. The molecule has 0 aliphatic carbocycles. The largest absolute Gasteiger partial charge is 0.306 e. The number of hydrogen-bond donors (Lipinski definition) is 1. The van der Waals surface area contributed by atoms with Crippen LogP contribution in [0.3, 0.4) is 0 Å². The maximum Gasteiger partial charge on any atom is 0.113 e. The standard InChI is InChI=1S/C17H32N2S/c1-7-9-10-11-12-17(6,18-8-2)15-19-14(13-20-15)16(3,4)5/h13,18H,7-12H2,1-6H3. The Bertz CT molecular complexity index is 392. The summed E-state index contributed by atoms with van der Waals surface area (Å²) in [4.78, 5) is 4.93. The topological polar surface area (TPSA) is 24.9 Å². The minimum Gasteiger partial charge on any atom is -0.306 e. The van der Waals surface area contributed by atoms with Gasteiger partial charge in [-0.25, -0.2) is 4.98 Å². The second kappa shape index (κ2) is 7.56. The van der Waals surface area contributed by atoms with Gasteiger partial charge < -0.3 is 5.32 Å². The van der Waals surface area contributed by atoms with E-state index in [0.717, 1.165) is 6.54 Å². The van der Waals surface area contributed by atoms with Crippen LogP contribution in [0.1, 0.15) is 84.3 Å². The number of aromatic nitrogens is 1. The Labute approximate surface area is 129 Å². The number of thiazole rings is 1. The van der Waals surface area contributed by atoms with E-state index < -0.39 is 0 Å². The van der Waals surface area contributed by atoms with Crippen LogP contribution in [-0.4, -0.2) is 11.5 Å². The smallest absolute Gasteiger partial charge is 0.113 e. The van der Waals surface area contributed by atoms with Gasteiger partial charge in [-0.05, 0) is 19.9 Å². The Balaban J connectivity index is 2.80. The van der Waals surface area contributed by atoms with Crippen LogP contribution in [0.25, 0.3) is 0 Å². The lowest BCUT2D eigenvalue weighted by Gasteiger charge is -2.29. The van der Waals surface area contributed by atoms with E-state index in [0.29, 0.717) is 0 Å². The van der Waals surface area contributed by atoms with E-state index in [1.54, 1.807) is 0 Å². The highest BCUT2D eigenvalue weighted by molar-refractivity contribution is 7.09. The number of unbranched alkanes of at least 4 members (excludes halogenated alkanes) is 3. The Morgan fingerprint density at radius 1 is 1.10 bits per heavy atom. The third-order valence-electron chi connectivity index (χ3n) is 3.84. The average Bonchev–Trinajstić information content (AvgIpc) is 2.85. The monoisotopic (exact) mass is 296 g/mol. The SMILES string of the molecule is CCCCCCC(C)(NCC)c1nc(C(C)(C)C)cs1. The van der Waals surface area contributed by atoms with Crippen LogP contribution in [0.4, 0.5) is 0 Å². The van der Waals surface area contributed by atoms with Gasteiger partial charge in [0.1, 0.15) is 5.01 Å². The second-order valence-corrected chi connectivity index (χ2v) is 7.82. The molecule has 1 unspecified atom stereocenters. The van der Waals surface area contributed by atoms with Crippen molar-refractivity contribution in [3.63, 3.8) is 0 Å². The Morgan fingerprint density at radius 2 is 1.80 bits per heavy atom. The molecule has 0 fully saturated rings. The first-order valence-electron chi connectivity index (χ1n) is 8.05. The van der Waals surface area contributed by atoms with Gasteiger partial charge >= 0.3 is 0 Å². The van der Waals surface area contributed by atoms with E-state index in [2.05, 4.69) is 52.2 Å². The van der Waals surface area contributed by atoms with Crippen molar-refractivity contribution in [1.82, 2.24) is 10.3 Å². The van der Waals surface area contributed by atoms with Gasteiger partial charge in [-0.3, -0.25) is 0 Å². The van der Waals surface area contributed by atoms with Crippen molar-refractivity contribution in [3.8, 4) is 0 Å². The van der Waals surface area contributed by atoms with Gasteiger partial charge in [-0.2, -0.15) is 0 Å². The fourth-order valence-electron chi connectivity index (χ4n) is 2.44. The van der Waals surface area contributed by atoms with Gasteiger partial charge in [-0.1, -0.05) is 60.3 Å². The lowest BCUT2D eigenvalue weighted by atomic mass is 9.92. The molecule has 0 aliphatic heterocycles. The summed E-state index contributed by atoms with van der Waals surface area (Å²) in [7, 11) is 0. The zero-order valence-corrected chi connectivity index (χ0v) is 15.0. The highest BCUT2D eigenvalue weighted by Crippen LogP contribution is 2.33. The summed E-state index contributed by atoms with van der Waals surface area (Å²) in [5.41, 5.74) is 1.40. The van der Waals surface area contributed by atoms with Crippen molar-refractivity contribution < 1.29 is 0 Å². The van der Waals surface area contributed by atoms with Crippen LogP contribution >= 0.6 is 11.3 Å². The van der Waals surface area contributed by atoms with Crippen molar-refractivity contribution in [1.29, 1.82) is 0 Å². The minimum atomic E-state index is 0.0384. The summed E-state index contributed by atoms with van der Waals surface area (Å²) in [6.07, 6.45) is 6.42. The molecule has 0 spiro atoms. The average molecular weight is 297 g/mol. The fourth-order valence-corrected chi connectivity index (χ4v) is 3.65. The zero-order chi connectivity index (χ0) is 15.2. The molecule has 0 radical (unpaired) electrons. The molecule has 1 aromatic rings. The van der Waals surface area contributed by atoms with E-state index in [4.69, 9.17) is 4.98 Å². The van der Waals surface area contributed by atoms with E-state index >= 15 is 0 Å². The van der Waals surface area contributed by atoms with Gasteiger partial charge in [0.15, 0.2) is 0 Å². The van der Waals surface area contributed by atoms with Crippen LogP contribution in [0.15, 0.2) is 5.38 Å². The summed E-state index contributed by atoms with van der Waals surface area (Å²) in [6.45, 7) is 14.5. The van der Waals surface area contributed by atoms with Crippen LogP contribution in [0, 0.1) is 0 Å². The van der Waals surface area contributed by atoms with Crippen molar-refractivity contribution >= 4 is 11.3 Å². The van der Waals surface area contributed by atoms with E-state index in [1.807, 2.05) is 11.3 Å². The van der Waals surface area contributed by atoms with Crippen LogP contribution < -0.4 is 5.32 Å². The molecule has 1 N–H and O–H groups in total. The maximum atomic E-state index is 4.93. The van der Waals surface area contributed by atoms with Gasteiger partial charge in [0.05, 0.1) is 11.2 Å². The molecule has 0 saturated carbocycles. The molecule has 1 atom stereocenters. The number of nitrogens with one attached hydrogen (secondary N) is 1. The molecule has 1 aromatic heterocycles. The number of nitrogens with zero attached hydrogens (tertiary/aromatic N) is 1. The lowest BCUT2D eigenvalue weighted by Crippen LogP contribution is -2.39. The normalized spacial score (nSPS) is 15.3. The zero-order valence-electron chi connectivity index (χ0n) is 14.2. The van der Waals surface area contributed by atoms with Gasteiger partial charge in [0.25, 0.3) is 0 Å². The van der Waals surface area contributed by atoms with Gasteiger partial charge in [0.2, 0.25) is 0 Å². The summed E-state index contributed by atoms with van der Waals surface area (Å²) in [5, 5.41) is 7.15. The van der Waals surface area contributed by atoms with Crippen LogP contribution in [0.2, 0.25) is 0 Å². The van der Waals surface area contributed by atoms with Crippen molar-refractivity contribution in [2.45, 2.75) is 84.6 Å². The molecule has 0 aromatic carbocycles. The van der Waals surface area contributed by atoms with E-state index in [-0.39, 0.29) is 11.0 Å². The first-order valence-corrected chi connectivity index (χ1v) is 8.93. The molecule has 0 amide bonds. The lowest BCUT2D eigenvalue weighted by molar-refractivity contribution is 0.331. The molecule has 1 rings (SSSR count). The first kappa shape index (κ1) is 17.6. The third kappa shape index (κ3) is 4.85. The Hall–Kier alpha value is -0.410. The Kier molecular flexibility index (Phi) is 6.67. The molecule has 0 saturated heterocycles. The summed E-state index contributed by atoms with van der Waals surface area (Å²) in [5.74, 6) is 0.